The van der Waals surface area contributed by atoms with E-state index >= 15 is 0 Å². The Morgan fingerprint density at radius 3 is 2.68 bits per heavy atom. The summed E-state index contributed by atoms with van der Waals surface area (Å²) in [5.41, 5.74) is 3.26. The van der Waals surface area contributed by atoms with Gasteiger partial charge in [0.05, 0.1) is 16.1 Å². The third kappa shape index (κ3) is 4.16. The van der Waals surface area contributed by atoms with Crippen LogP contribution in [0.25, 0.3) is 16.3 Å². The number of thiophene rings is 1. The summed E-state index contributed by atoms with van der Waals surface area (Å²) < 4.78 is 1.75. The van der Waals surface area contributed by atoms with Crippen LogP contribution in [0, 0.1) is 0 Å². The summed E-state index contributed by atoms with van der Waals surface area (Å²) in [4.78, 5) is 13.8. The highest BCUT2D eigenvalue weighted by atomic mass is 35.5. The first-order chi connectivity index (χ1) is 13.7. The van der Waals surface area contributed by atoms with Gasteiger partial charge >= 0.3 is 0 Å². The van der Waals surface area contributed by atoms with Crippen molar-refractivity contribution in [1.82, 2.24) is 15.1 Å². The van der Waals surface area contributed by atoms with Crippen LogP contribution in [0.3, 0.4) is 0 Å². The first-order valence-corrected chi connectivity index (χ1v) is 10.2. The maximum atomic E-state index is 12.9. The van der Waals surface area contributed by atoms with Gasteiger partial charge in [-0.1, -0.05) is 48.0 Å². The highest BCUT2D eigenvalue weighted by molar-refractivity contribution is 7.13. The molecule has 140 valence electrons. The third-order valence-electron chi connectivity index (χ3n) is 4.32. The normalized spacial score (nSPS) is 10.8. The molecule has 2 heterocycles. The van der Waals surface area contributed by atoms with Gasteiger partial charge in [0, 0.05) is 17.8 Å². The molecule has 1 amide bonds. The summed E-state index contributed by atoms with van der Waals surface area (Å²) in [6.45, 7) is 0.527. The zero-order valence-corrected chi connectivity index (χ0v) is 16.6. The molecular formula is C22H18ClN3OS. The molecule has 0 spiro atoms. The molecule has 4 nitrogen and oxygen atoms in total. The van der Waals surface area contributed by atoms with Gasteiger partial charge in [0.15, 0.2) is 0 Å². The van der Waals surface area contributed by atoms with Crippen molar-refractivity contribution in [3.8, 4) is 16.3 Å². The van der Waals surface area contributed by atoms with Gasteiger partial charge in [-0.25, -0.2) is 4.68 Å². The van der Waals surface area contributed by atoms with Crippen molar-refractivity contribution >= 4 is 28.8 Å². The van der Waals surface area contributed by atoms with Crippen LogP contribution >= 0.6 is 22.9 Å². The number of rotatable bonds is 6. The van der Waals surface area contributed by atoms with Crippen molar-refractivity contribution in [1.29, 1.82) is 0 Å². The molecule has 0 saturated heterocycles. The monoisotopic (exact) mass is 407 g/mol. The molecule has 2 aromatic carbocycles. The zero-order valence-electron chi connectivity index (χ0n) is 15.0. The molecule has 0 fully saturated rings. The van der Waals surface area contributed by atoms with Crippen LogP contribution in [0.15, 0.2) is 78.3 Å². The molecule has 2 aromatic heterocycles. The predicted molar refractivity (Wildman–Crippen MR) is 114 cm³/mol. The Labute approximate surface area is 172 Å². The molecule has 4 aromatic rings. The van der Waals surface area contributed by atoms with Gasteiger partial charge in [-0.15, -0.1) is 11.3 Å². The number of hydrogen-bond acceptors (Lipinski definition) is 3. The molecule has 6 heteroatoms. The zero-order chi connectivity index (χ0) is 19.3. The molecule has 0 bridgehead atoms. The van der Waals surface area contributed by atoms with E-state index in [-0.39, 0.29) is 5.91 Å². The van der Waals surface area contributed by atoms with Crippen LogP contribution in [0.5, 0.6) is 0 Å². The van der Waals surface area contributed by atoms with E-state index in [0.29, 0.717) is 29.2 Å². The number of carbonyl (C=O) groups is 1. The average molecular weight is 408 g/mol. The van der Waals surface area contributed by atoms with Gasteiger partial charge in [-0.05, 0) is 47.7 Å². The average Bonchev–Trinajstić information content (AvgIpc) is 3.38. The summed E-state index contributed by atoms with van der Waals surface area (Å²) in [6.07, 6.45) is 2.51. The van der Waals surface area contributed by atoms with E-state index in [9.17, 15) is 4.79 Å². The van der Waals surface area contributed by atoms with E-state index in [0.717, 1.165) is 16.1 Å². The quantitative estimate of drug-likeness (QED) is 0.476. The van der Waals surface area contributed by atoms with Gasteiger partial charge in [0.1, 0.15) is 5.69 Å². The second-order valence-electron chi connectivity index (χ2n) is 6.28. The van der Waals surface area contributed by atoms with Crippen molar-refractivity contribution in [2.45, 2.75) is 6.42 Å². The summed E-state index contributed by atoms with van der Waals surface area (Å²) in [6, 6.07) is 21.4. The maximum absolute atomic E-state index is 12.9. The van der Waals surface area contributed by atoms with Gasteiger partial charge in [0.2, 0.25) is 0 Å². The molecule has 0 unspecified atom stereocenters. The molecule has 0 saturated carbocycles. The van der Waals surface area contributed by atoms with E-state index in [1.807, 2.05) is 72.1 Å². The van der Waals surface area contributed by atoms with E-state index in [4.69, 9.17) is 11.6 Å². The van der Waals surface area contributed by atoms with Crippen LogP contribution in [0.2, 0.25) is 5.02 Å². The number of hydrogen-bond donors (Lipinski definition) is 1. The second kappa shape index (κ2) is 8.42. The Kier molecular flexibility index (Phi) is 5.55. The Balaban J connectivity index is 1.55. The minimum absolute atomic E-state index is 0.132. The Bertz CT molecular complexity index is 1070. The molecule has 28 heavy (non-hydrogen) atoms. The number of nitrogens with zero attached hydrogens (tertiary/aromatic N) is 2. The predicted octanol–water partition coefficient (Wildman–Crippen LogP) is 5.23. The van der Waals surface area contributed by atoms with E-state index in [2.05, 4.69) is 10.4 Å². The number of para-hydroxylation sites is 1. The smallest absolute Gasteiger partial charge is 0.255 e. The summed E-state index contributed by atoms with van der Waals surface area (Å²) >= 11 is 7.59. The van der Waals surface area contributed by atoms with Crippen LogP contribution in [-0.4, -0.2) is 22.2 Å². The lowest BCUT2D eigenvalue weighted by atomic mass is 10.1. The number of halogens is 1. The van der Waals surface area contributed by atoms with Crippen LogP contribution in [-0.2, 0) is 6.42 Å². The topological polar surface area (TPSA) is 46.9 Å². The van der Waals surface area contributed by atoms with Gasteiger partial charge in [-0.3, -0.25) is 4.79 Å². The largest absolute Gasteiger partial charge is 0.352 e. The molecule has 1 N–H and O–H groups in total. The SMILES string of the molecule is O=C(NCCc1cccc(Cl)c1)c1cn(-c2ccccc2)nc1-c1cccs1. The third-order valence-corrected chi connectivity index (χ3v) is 5.43. The maximum Gasteiger partial charge on any atom is 0.255 e. The van der Waals surface area contributed by atoms with Crippen LogP contribution in [0.1, 0.15) is 15.9 Å². The first kappa shape index (κ1) is 18.5. The molecule has 0 radical (unpaired) electrons. The lowest BCUT2D eigenvalue weighted by Gasteiger charge is -2.05. The second-order valence-corrected chi connectivity index (χ2v) is 7.67. The molecule has 0 aliphatic rings. The van der Waals surface area contributed by atoms with Crippen molar-refractivity contribution in [2.75, 3.05) is 6.54 Å². The molecule has 0 aliphatic heterocycles. The molecule has 0 atom stereocenters. The van der Waals surface area contributed by atoms with Crippen LogP contribution in [0.4, 0.5) is 0 Å². The molecular weight excluding hydrogens is 390 g/mol. The Morgan fingerprint density at radius 1 is 1.07 bits per heavy atom. The van der Waals surface area contributed by atoms with Crippen LogP contribution < -0.4 is 5.32 Å². The minimum atomic E-state index is -0.132. The number of nitrogens with one attached hydrogen (secondary N) is 1. The standard InChI is InChI=1S/C22H18ClN3OS/c23-17-7-4-6-16(14-17)11-12-24-22(27)19-15-26(18-8-2-1-3-9-18)25-21(19)20-10-5-13-28-20/h1-10,13-15H,11-12H2,(H,24,27). The van der Waals surface area contributed by atoms with Crippen molar-refractivity contribution in [3.05, 3.63) is 94.5 Å². The molecule has 4 rings (SSSR count). The highest BCUT2D eigenvalue weighted by Gasteiger charge is 2.19. The first-order valence-electron chi connectivity index (χ1n) is 8.92. The van der Waals surface area contributed by atoms with E-state index in [1.165, 1.54) is 0 Å². The fourth-order valence-electron chi connectivity index (χ4n) is 2.96. The number of aromatic nitrogens is 2. The highest BCUT2D eigenvalue weighted by Crippen LogP contribution is 2.27. The number of benzene rings is 2. The fraction of sp³-hybridized carbons (Fsp3) is 0.0909. The van der Waals surface area contributed by atoms with Gasteiger partial charge in [-0.2, -0.15) is 5.10 Å². The summed E-state index contributed by atoms with van der Waals surface area (Å²) in [7, 11) is 0. The lowest BCUT2D eigenvalue weighted by Crippen LogP contribution is -2.25. The van der Waals surface area contributed by atoms with Crippen molar-refractivity contribution in [3.63, 3.8) is 0 Å². The summed E-state index contributed by atoms with van der Waals surface area (Å²) in [5, 5.41) is 10.4. The Hall–Kier alpha value is -2.89. The minimum Gasteiger partial charge on any atom is -0.352 e. The molecule has 0 aliphatic carbocycles. The number of carbonyl (C=O) groups excluding carboxylic acids is 1. The number of amides is 1. The lowest BCUT2D eigenvalue weighted by molar-refractivity contribution is 0.0955. The van der Waals surface area contributed by atoms with Gasteiger partial charge < -0.3 is 5.32 Å². The van der Waals surface area contributed by atoms with Crippen molar-refractivity contribution in [2.24, 2.45) is 0 Å². The van der Waals surface area contributed by atoms with Crippen molar-refractivity contribution < 1.29 is 4.79 Å². The van der Waals surface area contributed by atoms with E-state index in [1.54, 1.807) is 22.2 Å². The fourth-order valence-corrected chi connectivity index (χ4v) is 3.89. The van der Waals surface area contributed by atoms with E-state index < -0.39 is 0 Å². The summed E-state index contributed by atoms with van der Waals surface area (Å²) in [5.74, 6) is -0.132. The van der Waals surface area contributed by atoms with Gasteiger partial charge in [0.25, 0.3) is 5.91 Å². The Morgan fingerprint density at radius 2 is 1.93 bits per heavy atom.